The van der Waals surface area contributed by atoms with Crippen LogP contribution in [-0.4, -0.2) is 29.3 Å². The third-order valence-corrected chi connectivity index (χ3v) is 3.94. The second-order valence-corrected chi connectivity index (χ2v) is 5.69. The van der Waals surface area contributed by atoms with E-state index < -0.39 is 6.04 Å². The molecule has 0 bridgehead atoms. The van der Waals surface area contributed by atoms with Crippen molar-refractivity contribution in [1.29, 1.82) is 0 Å². The van der Waals surface area contributed by atoms with Gasteiger partial charge >= 0.3 is 0 Å². The Morgan fingerprint density at radius 2 is 1.74 bits per heavy atom. The van der Waals surface area contributed by atoms with Crippen LogP contribution in [0.2, 0.25) is 0 Å². The molecule has 0 saturated carbocycles. The van der Waals surface area contributed by atoms with E-state index in [1.807, 2.05) is 54.6 Å². The van der Waals surface area contributed by atoms with E-state index in [9.17, 15) is 9.59 Å². The summed E-state index contributed by atoms with van der Waals surface area (Å²) < 4.78 is 0. The number of nitrogens with zero attached hydrogens (tertiary/aromatic N) is 1. The molecule has 1 aliphatic rings. The van der Waals surface area contributed by atoms with Gasteiger partial charge in [0.2, 0.25) is 11.8 Å². The lowest BCUT2D eigenvalue weighted by Crippen LogP contribution is -2.45. The lowest BCUT2D eigenvalue weighted by molar-refractivity contribution is -0.136. The van der Waals surface area contributed by atoms with Gasteiger partial charge in [-0.1, -0.05) is 42.5 Å². The van der Waals surface area contributed by atoms with Gasteiger partial charge in [-0.3, -0.25) is 9.59 Å². The van der Waals surface area contributed by atoms with Crippen molar-refractivity contribution in [3.05, 3.63) is 65.7 Å². The number of hydrogen-bond acceptors (Lipinski definition) is 3. The van der Waals surface area contributed by atoms with E-state index in [0.717, 1.165) is 11.1 Å². The van der Waals surface area contributed by atoms with Crippen LogP contribution in [0.1, 0.15) is 11.1 Å². The molecule has 5 heteroatoms. The molecule has 0 fully saturated rings. The monoisotopic (exact) mass is 309 g/mol. The molecule has 118 valence electrons. The molecule has 1 aliphatic heterocycles. The van der Waals surface area contributed by atoms with Crippen molar-refractivity contribution < 1.29 is 9.59 Å². The molecule has 0 saturated heterocycles. The van der Waals surface area contributed by atoms with Crippen LogP contribution in [0.3, 0.4) is 0 Å². The zero-order valence-corrected chi connectivity index (χ0v) is 12.7. The number of fused-ring (bicyclic) bond motifs is 1. The molecule has 5 nitrogen and oxygen atoms in total. The standard InChI is InChI=1S/C18H19N3O2/c19-16-10-13-6-4-5-7-14(13)11-21(18(16)23)12-17(22)20-15-8-2-1-3-9-15/h1-9,16H,10-12,19H2,(H,20,22)/t16-/m0/s1. The molecule has 2 aromatic carbocycles. The molecule has 1 heterocycles. The fourth-order valence-corrected chi connectivity index (χ4v) is 2.78. The molecule has 2 aromatic rings. The van der Waals surface area contributed by atoms with Crippen LogP contribution in [0.5, 0.6) is 0 Å². The summed E-state index contributed by atoms with van der Waals surface area (Å²) >= 11 is 0. The summed E-state index contributed by atoms with van der Waals surface area (Å²) in [5.74, 6) is -0.416. The van der Waals surface area contributed by atoms with Gasteiger partial charge < -0.3 is 16.0 Å². The van der Waals surface area contributed by atoms with Crippen LogP contribution in [0.4, 0.5) is 5.69 Å². The molecule has 0 aliphatic carbocycles. The zero-order chi connectivity index (χ0) is 16.2. The van der Waals surface area contributed by atoms with E-state index in [0.29, 0.717) is 18.7 Å². The second kappa shape index (κ2) is 6.62. The number of para-hydroxylation sites is 1. The van der Waals surface area contributed by atoms with Gasteiger partial charge in [-0.05, 0) is 29.7 Å². The summed E-state index contributed by atoms with van der Waals surface area (Å²) in [6, 6.07) is 16.4. The Morgan fingerprint density at radius 1 is 1.09 bits per heavy atom. The largest absolute Gasteiger partial charge is 0.328 e. The zero-order valence-electron chi connectivity index (χ0n) is 12.7. The Bertz CT molecular complexity index is 715. The maximum atomic E-state index is 12.4. The normalized spacial score (nSPS) is 17.3. The first-order chi connectivity index (χ1) is 11.1. The molecule has 0 radical (unpaired) electrons. The van der Waals surface area contributed by atoms with Crippen molar-refractivity contribution in [3.63, 3.8) is 0 Å². The van der Waals surface area contributed by atoms with E-state index in [-0.39, 0.29) is 18.4 Å². The summed E-state index contributed by atoms with van der Waals surface area (Å²) in [6.07, 6.45) is 0.506. The van der Waals surface area contributed by atoms with E-state index in [1.165, 1.54) is 4.90 Å². The average molecular weight is 309 g/mol. The maximum Gasteiger partial charge on any atom is 0.244 e. The molecule has 3 rings (SSSR count). The maximum absolute atomic E-state index is 12.4. The van der Waals surface area contributed by atoms with E-state index in [2.05, 4.69) is 5.32 Å². The Kier molecular flexibility index (Phi) is 4.39. The third kappa shape index (κ3) is 3.57. The Labute approximate surface area is 135 Å². The van der Waals surface area contributed by atoms with Gasteiger partial charge in [-0.25, -0.2) is 0 Å². The topological polar surface area (TPSA) is 75.4 Å². The summed E-state index contributed by atoms with van der Waals surface area (Å²) in [5.41, 5.74) is 8.81. The molecule has 0 spiro atoms. The lowest BCUT2D eigenvalue weighted by atomic mass is 10.0. The Hall–Kier alpha value is -2.66. The van der Waals surface area contributed by atoms with Crippen molar-refractivity contribution >= 4 is 17.5 Å². The van der Waals surface area contributed by atoms with Crippen LogP contribution < -0.4 is 11.1 Å². The minimum atomic E-state index is -0.608. The predicted octanol–water partition coefficient (Wildman–Crippen LogP) is 1.54. The first kappa shape index (κ1) is 15.2. The highest BCUT2D eigenvalue weighted by atomic mass is 16.2. The van der Waals surface area contributed by atoms with Gasteiger partial charge in [0.15, 0.2) is 0 Å². The molecule has 2 amide bonds. The van der Waals surface area contributed by atoms with Gasteiger partial charge in [0, 0.05) is 12.2 Å². The Balaban J connectivity index is 1.73. The van der Waals surface area contributed by atoms with E-state index >= 15 is 0 Å². The highest BCUT2D eigenvalue weighted by Crippen LogP contribution is 2.19. The molecule has 3 N–H and O–H groups in total. The third-order valence-electron chi connectivity index (χ3n) is 3.94. The highest BCUT2D eigenvalue weighted by molar-refractivity contribution is 5.95. The second-order valence-electron chi connectivity index (χ2n) is 5.69. The Morgan fingerprint density at radius 3 is 2.48 bits per heavy atom. The van der Waals surface area contributed by atoms with E-state index in [1.54, 1.807) is 0 Å². The molecule has 0 unspecified atom stereocenters. The van der Waals surface area contributed by atoms with Gasteiger partial charge in [0.05, 0.1) is 6.04 Å². The summed E-state index contributed by atoms with van der Waals surface area (Å²) in [7, 11) is 0. The fraction of sp³-hybridized carbons (Fsp3) is 0.222. The number of rotatable bonds is 3. The van der Waals surface area contributed by atoms with Crippen molar-refractivity contribution in [2.75, 3.05) is 11.9 Å². The quantitative estimate of drug-likeness (QED) is 0.903. The molecule has 1 atom stereocenters. The fourth-order valence-electron chi connectivity index (χ4n) is 2.78. The number of carbonyl (C=O) groups is 2. The van der Waals surface area contributed by atoms with E-state index in [4.69, 9.17) is 5.73 Å². The number of benzene rings is 2. The number of anilines is 1. The van der Waals surface area contributed by atoms with Crippen LogP contribution >= 0.6 is 0 Å². The summed E-state index contributed by atoms with van der Waals surface area (Å²) in [5, 5.41) is 2.80. The number of nitrogens with two attached hydrogens (primary N) is 1. The smallest absolute Gasteiger partial charge is 0.244 e. The number of nitrogens with one attached hydrogen (secondary N) is 1. The summed E-state index contributed by atoms with van der Waals surface area (Å²) in [6.45, 7) is 0.403. The first-order valence-electron chi connectivity index (χ1n) is 7.59. The van der Waals surface area contributed by atoms with Gasteiger partial charge in [0.25, 0.3) is 0 Å². The molecule has 23 heavy (non-hydrogen) atoms. The van der Waals surface area contributed by atoms with Gasteiger partial charge in [-0.15, -0.1) is 0 Å². The van der Waals surface area contributed by atoms with Crippen LogP contribution in [0, 0.1) is 0 Å². The first-order valence-corrected chi connectivity index (χ1v) is 7.59. The number of amides is 2. The molecular formula is C18H19N3O2. The minimum Gasteiger partial charge on any atom is -0.328 e. The minimum absolute atomic E-state index is 0.00420. The van der Waals surface area contributed by atoms with Crippen molar-refractivity contribution in [3.8, 4) is 0 Å². The van der Waals surface area contributed by atoms with Gasteiger partial charge in [-0.2, -0.15) is 0 Å². The van der Waals surface area contributed by atoms with Crippen molar-refractivity contribution in [2.24, 2.45) is 5.73 Å². The van der Waals surface area contributed by atoms with Gasteiger partial charge in [0.1, 0.15) is 6.54 Å². The number of hydrogen-bond donors (Lipinski definition) is 2. The van der Waals surface area contributed by atoms with Crippen LogP contribution in [0.15, 0.2) is 54.6 Å². The predicted molar refractivity (Wildman–Crippen MR) is 88.6 cm³/mol. The van der Waals surface area contributed by atoms with Crippen molar-refractivity contribution in [2.45, 2.75) is 19.0 Å². The molecule has 0 aromatic heterocycles. The average Bonchev–Trinajstić information content (AvgIpc) is 2.66. The van der Waals surface area contributed by atoms with Crippen LogP contribution in [-0.2, 0) is 22.6 Å². The number of carbonyl (C=O) groups excluding carboxylic acids is 2. The molecular weight excluding hydrogens is 290 g/mol. The summed E-state index contributed by atoms with van der Waals surface area (Å²) in [4.78, 5) is 26.2. The van der Waals surface area contributed by atoms with Crippen molar-refractivity contribution in [1.82, 2.24) is 4.90 Å². The lowest BCUT2D eigenvalue weighted by Gasteiger charge is -2.22. The highest BCUT2D eigenvalue weighted by Gasteiger charge is 2.28. The van der Waals surface area contributed by atoms with Crippen LogP contribution in [0.25, 0.3) is 0 Å². The SMILES string of the molecule is N[C@H]1Cc2ccccc2CN(CC(=O)Nc2ccccc2)C1=O.